The average Bonchev–Trinajstić information content (AvgIpc) is 2.66. The Morgan fingerprint density at radius 1 is 1.00 bits per heavy atom. The molecule has 0 bridgehead atoms. The lowest BCUT2D eigenvalue weighted by atomic mass is 9.98. The maximum Gasteiger partial charge on any atom is 0.307 e. The van der Waals surface area contributed by atoms with Crippen LogP contribution >= 0.6 is 0 Å². The highest BCUT2D eigenvalue weighted by Crippen LogP contribution is 2.19. The maximum absolute atomic E-state index is 12.1. The predicted octanol–water partition coefficient (Wildman–Crippen LogP) is 3.44. The van der Waals surface area contributed by atoms with Crippen LogP contribution < -0.4 is 10.1 Å². The van der Waals surface area contributed by atoms with Crippen molar-refractivity contribution in [3.05, 3.63) is 65.7 Å². The van der Waals surface area contributed by atoms with E-state index in [1.165, 1.54) is 0 Å². The monoisotopic (exact) mass is 355 g/mol. The van der Waals surface area contributed by atoms with Crippen molar-refractivity contribution in [3.63, 3.8) is 0 Å². The van der Waals surface area contributed by atoms with E-state index in [0.29, 0.717) is 6.54 Å². The molecule has 0 aliphatic heterocycles. The van der Waals surface area contributed by atoms with Gasteiger partial charge in [-0.2, -0.15) is 0 Å². The van der Waals surface area contributed by atoms with Crippen molar-refractivity contribution >= 4 is 11.9 Å². The van der Waals surface area contributed by atoms with Gasteiger partial charge in [-0.25, -0.2) is 0 Å². The molecule has 0 heterocycles. The van der Waals surface area contributed by atoms with E-state index >= 15 is 0 Å². The third-order valence-corrected chi connectivity index (χ3v) is 4.14. The molecule has 2 atom stereocenters. The van der Waals surface area contributed by atoms with Gasteiger partial charge in [0.2, 0.25) is 0 Å². The highest BCUT2D eigenvalue weighted by atomic mass is 16.5. The number of rotatable bonds is 8. The number of nitrogens with one attached hydrogen (secondary N) is 1. The Kier molecular flexibility index (Phi) is 7.21. The number of amides is 1. The van der Waals surface area contributed by atoms with E-state index in [-0.39, 0.29) is 24.2 Å². The van der Waals surface area contributed by atoms with Gasteiger partial charge in [0.1, 0.15) is 5.75 Å². The maximum atomic E-state index is 12.1. The van der Waals surface area contributed by atoms with Crippen LogP contribution in [0.3, 0.4) is 0 Å². The molecule has 26 heavy (non-hydrogen) atoms. The molecule has 0 saturated carbocycles. The number of hydrogen-bond donors (Lipinski definition) is 1. The molecule has 138 valence electrons. The summed E-state index contributed by atoms with van der Waals surface area (Å²) in [5.41, 5.74) is 2.01. The molecular weight excluding hydrogens is 330 g/mol. The number of carbonyl (C=O) groups is 2. The van der Waals surface area contributed by atoms with Crippen LogP contribution in [0.5, 0.6) is 5.75 Å². The lowest BCUT2D eigenvalue weighted by molar-refractivity contribution is -0.155. The van der Waals surface area contributed by atoms with Gasteiger partial charge in [-0.15, -0.1) is 0 Å². The van der Waals surface area contributed by atoms with Crippen LogP contribution in [0.25, 0.3) is 0 Å². The first-order valence-corrected chi connectivity index (χ1v) is 8.64. The Bertz CT molecular complexity index is 713. The van der Waals surface area contributed by atoms with Crippen molar-refractivity contribution in [1.29, 1.82) is 0 Å². The molecule has 0 saturated heterocycles. The molecule has 0 aliphatic rings. The fraction of sp³-hybridized carbons (Fsp3) is 0.333. The summed E-state index contributed by atoms with van der Waals surface area (Å²) in [5, 5.41) is 2.77. The van der Waals surface area contributed by atoms with Crippen LogP contribution in [0.15, 0.2) is 54.6 Å². The first-order valence-electron chi connectivity index (χ1n) is 8.64. The van der Waals surface area contributed by atoms with Gasteiger partial charge in [0.15, 0.2) is 6.10 Å². The number of ether oxygens (including phenoxy) is 2. The van der Waals surface area contributed by atoms with Gasteiger partial charge >= 0.3 is 5.97 Å². The van der Waals surface area contributed by atoms with Crippen molar-refractivity contribution in [1.82, 2.24) is 5.32 Å². The highest BCUT2D eigenvalue weighted by molar-refractivity contribution is 5.83. The topological polar surface area (TPSA) is 64.6 Å². The fourth-order valence-electron chi connectivity index (χ4n) is 2.52. The molecule has 0 aliphatic carbocycles. The zero-order valence-electron chi connectivity index (χ0n) is 15.4. The van der Waals surface area contributed by atoms with Crippen LogP contribution in [-0.4, -0.2) is 25.1 Å². The van der Waals surface area contributed by atoms with E-state index in [2.05, 4.69) is 5.32 Å². The molecule has 0 fully saturated rings. The van der Waals surface area contributed by atoms with Gasteiger partial charge in [-0.1, -0.05) is 49.4 Å². The predicted molar refractivity (Wildman–Crippen MR) is 99.9 cm³/mol. The summed E-state index contributed by atoms with van der Waals surface area (Å²) >= 11 is 0. The first-order chi connectivity index (χ1) is 12.5. The molecule has 2 rings (SSSR count). The van der Waals surface area contributed by atoms with Gasteiger partial charge in [0.25, 0.3) is 5.91 Å². The minimum atomic E-state index is -0.830. The number of esters is 1. The largest absolute Gasteiger partial charge is 0.497 e. The van der Waals surface area contributed by atoms with Crippen LogP contribution in [0, 0.1) is 0 Å². The third kappa shape index (κ3) is 5.92. The van der Waals surface area contributed by atoms with E-state index in [9.17, 15) is 9.59 Å². The molecule has 1 N–H and O–H groups in total. The molecular formula is C21H25NO4. The van der Waals surface area contributed by atoms with Crippen LogP contribution in [-0.2, 0) is 20.9 Å². The van der Waals surface area contributed by atoms with Gasteiger partial charge in [0.05, 0.1) is 13.5 Å². The molecule has 1 amide bonds. The minimum absolute atomic E-state index is 0.0401. The lowest BCUT2D eigenvalue weighted by Gasteiger charge is -2.16. The Morgan fingerprint density at radius 2 is 1.65 bits per heavy atom. The summed E-state index contributed by atoms with van der Waals surface area (Å²) in [5.74, 6) is 0.100. The van der Waals surface area contributed by atoms with Crippen molar-refractivity contribution < 1.29 is 19.1 Å². The van der Waals surface area contributed by atoms with Crippen LogP contribution in [0.2, 0.25) is 0 Å². The fourth-order valence-corrected chi connectivity index (χ4v) is 2.52. The quantitative estimate of drug-likeness (QED) is 0.737. The van der Waals surface area contributed by atoms with Gasteiger partial charge in [-0.3, -0.25) is 9.59 Å². The molecule has 0 unspecified atom stereocenters. The Morgan fingerprint density at radius 3 is 2.27 bits per heavy atom. The smallest absolute Gasteiger partial charge is 0.307 e. The minimum Gasteiger partial charge on any atom is -0.497 e. The van der Waals surface area contributed by atoms with Crippen molar-refractivity contribution in [2.24, 2.45) is 0 Å². The van der Waals surface area contributed by atoms with Gasteiger partial charge < -0.3 is 14.8 Å². The van der Waals surface area contributed by atoms with E-state index < -0.39 is 6.10 Å². The Labute approximate surface area is 154 Å². The first kappa shape index (κ1) is 19.5. The Balaban J connectivity index is 1.77. The average molecular weight is 355 g/mol. The summed E-state index contributed by atoms with van der Waals surface area (Å²) in [7, 11) is 1.60. The van der Waals surface area contributed by atoms with Gasteiger partial charge in [-0.05, 0) is 36.1 Å². The molecule has 2 aromatic rings. The number of benzene rings is 2. The van der Waals surface area contributed by atoms with E-state index in [4.69, 9.17) is 9.47 Å². The van der Waals surface area contributed by atoms with Crippen LogP contribution in [0.4, 0.5) is 0 Å². The summed E-state index contributed by atoms with van der Waals surface area (Å²) in [6.45, 7) is 3.91. The molecule has 0 spiro atoms. The zero-order chi connectivity index (χ0) is 18.9. The van der Waals surface area contributed by atoms with E-state index in [1.807, 2.05) is 61.5 Å². The second-order valence-corrected chi connectivity index (χ2v) is 6.21. The summed E-state index contributed by atoms with van der Waals surface area (Å²) in [6, 6.07) is 17.2. The SMILES string of the molecule is COc1ccc(CNC(=O)[C@@H](C)OC(=O)C[C@H](C)c2ccccc2)cc1. The number of methoxy groups -OCH3 is 1. The van der Waals surface area contributed by atoms with Crippen molar-refractivity contribution in [2.75, 3.05) is 7.11 Å². The summed E-state index contributed by atoms with van der Waals surface area (Å²) in [6.07, 6.45) is -0.594. The lowest BCUT2D eigenvalue weighted by Crippen LogP contribution is -2.35. The zero-order valence-corrected chi connectivity index (χ0v) is 15.4. The van der Waals surface area contributed by atoms with E-state index in [1.54, 1.807) is 14.0 Å². The molecule has 0 aromatic heterocycles. The van der Waals surface area contributed by atoms with E-state index in [0.717, 1.165) is 16.9 Å². The van der Waals surface area contributed by atoms with Gasteiger partial charge in [0, 0.05) is 6.54 Å². The summed E-state index contributed by atoms with van der Waals surface area (Å²) in [4.78, 5) is 24.2. The second-order valence-electron chi connectivity index (χ2n) is 6.21. The third-order valence-electron chi connectivity index (χ3n) is 4.14. The normalized spacial score (nSPS) is 12.7. The van der Waals surface area contributed by atoms with Crippen molar-refractivity contribution in [2.45, 2.75) is 38.8 Å². The second kappa shape index (κ2) is 9.61. The standard InChI is InChI=1S/C21H25NO4/c1-15(18-7-5-4-6-8-18)13-20(23)26-16(2)21(24)22-14-17-9-11-19(25-3)12-10-17/h4-12,15-16H,13-14H2,1-3H3,(H,22,24)/t15-,16+/m0/s1. The molecule has 5 heteroatoms. The van der Waals surface area contributed by atoms with Crippen LogP contribution in [0.1, 0.15) is 37.3 Å². The Hall–Kier alpha value is -2.82. The molecule has 0 radical (unpaired) electrons. The molecule has 5 nitrogen and oxygen atoms in total. The summed E-state index contributed by atoms with van der Waals surface area (Å²) < 4.78 is 10.4. The van der Waals surface area contributed by atoms with Crippen molar-refractivity contribution in [3.8, 4) is 5.75 Å². The number of hydrogen-bond acceptors (Lipinski definition) is 4. The highest BCUT2D eigenvalue weighted by Gasteiger charge is 2.19. The molecule has 2 aromatic carbocycles. The number of carbonyl (C=O) groups excluding carboxylic acids is 2.